The highest BCUT2D eigenvalue weighted by atomic mass is 35.5. The van der Waals surface area contributed by atoms with Crippen LogP contribution in [0.2, 0.25) is 5.02 Å². The molecular formula is C30H23ClN2O5. The molecule has 1 aliphatic rings. The Labute approximate surface area is 224 Å². The largest absolute Gasteiger partial charge is 0.497 e. The molecule has 0 spiro atoms. The molecule has 4 amide bonds. The molecule has 1 saturated heterocycles. The van der Waals surface area contributed by atoms with Crippen molar-refractivity contribution >= 4 is 52.0 Å². The van der Waals surface area contributed by atoms with E-state index < -0.39 is 17.8 Å². The fraction of sp³-hybridized carbons (Fsp3) is 0.100. The third kappa shape index (κ3) is 4.71. The molecule has 0 aliphatic carbocycles. The van der Waals surface area contributed by atoms with Gasteiger partial charge in [0, 0.05) is 17.2 Å². The van der Waals surface area contributed by atoms with E-state index in [4.69, 9.17) is 21.1 Å². The first-order valence-corrected chi connectivity index (χ1v) is 12.2. The number of urea groups is 1. The number of anilines is 1. The Morgan fingerprint density at radius 1 is 0.947 bits per heavy atom. The first-order valence-electron chi connectivity index (χ1n) is 11.8. The van der Waals surface area contributed by atoms with E-state index in [2.05, 4.69) is 11.4 Å². The van der Waals surface area contributed by atoms with Crippen LogP contribution in [0.4, 0.5) is 10.5 Å². The molecule has 7 nitrogen and oxygen atoms in total. The van der Waals surface area contributed by atoms with E-state index in [0.717, 1.165) is 26.8 Å². The number of fused-ring (bicyclic) bond motifs is 1. The first-order chi connectivity index (χ1) is 18.4. The number of carbonyl (C=O) groups is 3. The van der Waals surface area contributed by atoms with Gasteiger partial charge in [-0.3, -0.25) is 14.9 Å². The van der Waals surface area contributed by atoms with Crippen molar-refractivity contribution < 1.29 is 23.9 Å². The van der Waals surface area contributed by atoms with Gasteiger partial charge in [0.05, 0.1) is 17.8 Å². The van der Waals surface area contributed by atoms with Gasteiger partial charge in [-0.05, 0) is 53.6 Å². The second kappa shape index (κ2) is 10.4. The number of barbiturate groups is 1. The second-order valence-corrected chi connectivity index (χ2v) is 9.09. The number of nitrogens with one attached hydrogen (secondary N) is 1. The molecule has 1 fully saturated rings. The lowest BCUT2D eigenvalue weighted by Crippen LogP contribution is -2.54. The van der Waals surface area contributed by atoms with Crippen molar-refractivity contribution in [3.05, 3.63) is 106 Å². The number of hydrogen-bond donors (Lipinski definition) is 1. The minimum Gasteiger partial charge on any atom is -0.497 e. The van der Waals surface area contributed by atoms with Crippen molar-refractivity contribution in [2.45, 2.75) is 13.5 Å². The van der Waals surface area contributed by atoms with Gasteiger partial charge in [-0.2, -0.15) is 0 Å². The van der Waals surface area contributed by atoms with Gasteiger partial charge in [0.25, 0.3) is 11.8 Å². The lowest BCUT2D eigenvalue weighted by atomic mass is 10.0. The van der Waals surface area contributed by atoms with Gasteiger partial charge in [-0.15, -0.1) is 0 Å². The van der Waals surface area contributed by atoms with Crippen molar-refractivity contribution in [1.82, 2.24) is 5.32 Å². The Morgan fingerprint density at radius 3 is 2.50 bits per heavy atom. The van der Waals surface area contributed by atoms with Gasteiger partial charge >= 0.3 is 6.03 Å². The summed E-state index contributed by atoms with van der Waals surface area (Å²) in [7, 11) is 1.54. The molecule has 4 aromatic rings. The van der Waals surface area contributed by atoms with Crippen molar-refractivity contribution in [3.8, 4) is 11.5 Å². The molecular weight excluding hydrogens is 504 g/mol. The molecule has 8 heteroatoms. The highest BCUT2D eigenvalue weighted by Crippen LogP contribution is 2.32. The van der Waals surface area contributed by atoms with Gasteiger partial charge < -0.3 is 9.47 Å². The zero-order chi connectivity index (χ0) is 26.8. The number of amides is 4. The standard InChI is InChI=1S/C30H23ClN2O5/c1-18-11-12-19-7-3-4-8-22(19)24(18)17-38-27-16-21(37-2)14-13-20(27)15-23-28(34)32-30(36)33(29(23)35)26-10-6-5-9-25(26)31/h3-16H,17H2,1-2H3,(H,32,34,36)/b23-15+. The topological polar surface area (TPSA) is 84.9 Å². The van der Waals surface area contributed by atoms with Crippen molar-refractivity contribution in [2.75, 3.05) is 12.0 Å². The van der Waals surface area contributed by atoms with Gasteiger partial charge in [0.15, 0.2) is 0 Å². The maximum absolute atomic E-state index is 13.4. The summed E-state index contributed by atoms with van der Waals surface area (Å²) >= 11 is 6.23. The number of hydrogen-bond acceptors (Lipinski definition) is 5. The summed E-state index contributed by atoms with van der Waals surface area (Å²) in [4.78, 5) is 39.5. The van der Waals surface area contributed by atoms with Gasteiger partial charge in [0.2, 0.25) is 0 Å². The molecule has 1 heterocycles. The van der Waals surface area contributed by atoms with E-state index in [-0.39, 0.29) is 22.9 Å². The van der Waals surface area contributed by atoms with Crippen LogP contribution in [0, 0.1) is 6.92 Å². The van der Waals surface area contributed by atoms with E-state index in [1.807, 2.05) is 37.3 Å². The maximum atomic E-state index is 13.4. The number of aryl methyl sites for hydroxylation is 1. The number of nitrogens with zero attached hydrogens (tertiary/aromatic N) is 1. The zero-order valence-electron chi connectivity index (χ0n) is 20.7. The summed E-state index contributed by atoms with van der Waals surface area (Å²) in [5.74, 6) is -0.649. The molecule has 0 atom stereocenters. The van der Waals surface area contributed by atoms with E-state index in [1.54, 1.807) is 36.4 Å². The number of imide groups is 2. The summed E-state index contributed by atoms with van der Waals surface area (Å²) in [6.45, 7) is 2.27. The number of para-hydroxylation sites is 1. The van der Waals surface area contributed by atoms with Gasteiger partial charge in [-0.1, -0.05) is 60.1 Å². The highest BCUT2D eigenvalue weighted by Gasteiger charge is 2.37. The molecule has 38 heavy (non-hydrogen) atoms. The molecule has 0 unspecified atom stereocenters. The van der Waals surface area contributed by atoms with Crippen LogP contribution in [-0.4, -0.2) is 25.0 Å². The number of carbonyl (C=O) groups excluding carboxylic acids is 3. The van der Waals surface area contributed by atoms with Crippen LogP contribution in [0.15, 0.2) is 84.4 Å². The van der Waals surface area contributed by atoms with Crippen molar-refractivity contribution in [3.63, 3.8) is 0 Å². The van der Waals surface area contributed by atoms with Crippen molar-refractivity contribution in [2.24, 2.45) is 0 Å². The molecule has 5 rings (SSSR count). The van der Waals surface area contributed by atoms with E-state index in [9.17, 15) is 14.4 Å². The third-order valence-electron chi connectivity index (χ3n) is 6.36. The number of rotatable bonds is 6. The summed E-state index contributed by atoms with van der Waals surface area (Å²) in [6.07, 6.45) is 1.40. The summed E-state index contributed by atoms with van der Waals surface area (Å²) in [6, 6.07) is 22.8. The lowest BCUT2D eigenvalue weighted by Gasteiger charge is -2.27. The van der Waals surface area contributed by atoms with Crippen LogP contribution < -0.4 is 19.7 Å². The van der Waals surface area contributed by atoms with E-state index >= 15 is 0 Å². The molecule has 0 saturated carbocycles. The van der Waals surface area contributed by atoms with E-state index in [1.165, 1.54) is 19.3 Å². The molecule has 4 aromatic carbocycles. The number of ether oxygens (including phenoxy) is 2. The Hall–Kier alpha value is -4.62. The van der Waals surface area contributed by atoms with Crippen LogP contribution in [0.1, 0.15) is 16.7 Å². The van der Waals surface area contributed by atoms with Crippen LogP contribution in [0.3, 0.4) is 0 Å². The monoisotopic (exact) mass is 526 g/mol. The number of halogens is 1. The first kappa shape index (κ1) is 25.0. The van der Waals surface area contributed by atoms with Crippen LogP contribution in [0.25, 0.3) is 16.8 Å². The van der Waals surface area contributed by atoms with Crippen LogP contribution in [0.5, 0.6) is 11.5 Å². The summed E-state index contributed by atoms with van der Waals surface area (Å²) in [5, 5.41) is 4.59. The number of benzene rings is 4. The van der Waals surface area contributed by atoms with Crippen molar-refractivity contribution in [1.29, 1.82) is 0 Å². The van der Waals surface area contributed by atoms with Gasteiger partial charge in [-0.25, -0.2) is 9.69 Å². The lowest BCUT2D eigenvalue weighted by molar-refractivity contribution is -0.122. The second-order valence-electron chi connectivity index (χ2n) is 8.68. The quantitative estimate of drug-likeness (QED) is 0.244. The minimum atomic E-state index is -0.872. The minimum absolute atomic E-state index is 0.174. The molecule has 190 valence electrons. The predicted octanol–water partition coefficient (Wildman–Crippen LogP) is 6.06. The van der Waals surface area contributed by atoms with Crippen LogP contribution >= 0.6 is 11.6 Å². The van der Waals surface area contributed by atoms with Crippen LogP contribution in [-0.2, 0) is 16.2 Å². The molecule has 1 aliphatic heterocycles. The maximum Gasteiger partial charge on any atom is 0.335 e. The smallest absolute Gasteiger partial charge is 0.335 e. The third-order valence-corrected chi connectivity index (χ3v) is 6.68. The van der Waals surface area contributed by atoms with Gasteiger partial charge in [0.1, 0.15) is 23.7 Å². The fourth-order valence-corrected chi connectivity index (χ4v) is 4.56. The highest BCUT2D eigenvalue weighted by molar-refractivity contribution is 6.42. The Bertz CT molecular complexity index is 1630. The van der Waals surface area contributed by atoms with E-state index in [0.29, 0.717) is 17.1 Å². The molecule has 1 N–H and O–H groups in total. The zero-order valence-corrected chi connectivity index (χ0v) is 21.4. The average Bonchev–Trinajstić information content (AvgIpc) is 2.91. The molecule has 0 aromatic heterocycles. The summed E-state index contributed by atoms with van der Waals surface area (Å²) in [5.41, 5.74) is 2.50. The normalized spacial score (nSPS) is 14.7. The Balaban J connectivity index is 1.52. The predicted molar refractivity (Wildman–Crippen MR) is 146 cm³/mol. The average molecular weight is 527 g/mol. The Morgan fingerprint density at radius 2 is 1.71 bits per heavy atom. The number of methoxy groups -OCH3 is 1. The summed E-state index contributed by atoms with van der Waals surface area (Å²) < 4.78 is 11.6. The molecule has 0 radical (unpaired) electrons. The Kier molecular flexibility index (Phi) is 6.85. The SMILES string of the molecule is COc1ccc(/C=C2\C(=O)NC(=O)N(c3ccccc3Cl)C2=O)c(OCc2c(C)ccc3ccccc23)c1. The molecule has 0 bridgehead atoms. The fourth-order valence-electron chi connectivity index (χ4n) is 4.34.